The second-order valence-electron chi connectivity index (χ2n) is 7.80. The van der Waals surface area contributed by atoms with Crippen LogP contribution >= 0.6 is 0 Å². The molecule has 0 aliphatic carbocycles. The molecule has 1 aliphatic heterocycles. The summed E-state index contributed by atoms with van der Waals surface area (Å²) in [4.78, 5) is 36.5. The summed E-state index contributed by atoms with van der Waals surface area (Å²) in [5, 5.41) is 10.9. The van der Waals surface area contributed by atoms with Crippen LogP contribution in [-0.4, -0.2) is 85.5 Å². The molecule has 1 saturated heterocycles. The number of aryl methyl sites for hydroxylation is 1. The van der Waals surface area contributed by atoms with Gasteiger partial charge in [-0.25, -0.2) is 4.79 Å². The summed E-state index contributed by atoms with van der Waals surface area (Å²) < 4.78 is 24.2. The molecule has 1 aromatic heterocycles. The Balaban J connectivity index is 1.43. The Hall–Kier alpha value is -3.01. The van der Waals surface area contributed by atoms with Crippen LogP contribution in [0.5, 0.6) is 0 Å². The Morgan fingerprint density at radius 1 is 0.971 bits per heavy atom. The number of aliphatic hydroxyl groups excluding tert-OH is 1. The maximum atomic E-state index is 12.8. The lowest BCUT2D eigenvalue weighted by Crippen LogP contribution is -2.44. The molecule has 1 atom stereocenters. The van der Waals surface area contributed by atoms with E-state index < -0.39 is 11.9 Å². The number of imidazole rings is 1. The molecule has 1 unspecified atom stereocenters. The average Bonchev–Trinajstić information content (AvgIpc) is 3.09. The van der Waals surface area contributed by atoms with E-state index in [4.69, 9.17) is 24.1 Å². The number of piperidine rings is 1. The highest BCUT2D eigenvalue weighted by Gasteiger charge is 2.31. The zero-order valence-corrected chi connectivity index (χ0v) is 19.8. The normalized spacial score (nSPS) is 15.8. The molecule has 1 fully saturated rings. The molecule has 0 spiro atoms. The van der Waals surface area contributed by atoms with E-state index in [1.807, 2.05) is 0 Å². The second-order valence-corrected chi connectivity index (χ2v) is 7.80. The maximum Gasteiger partial charge on any atom is 0.329 e. The molecule has 2 N–H and O–H groups in total. The van der Waals surface area contributed by atoms with E-state index in [0.29, 0.717) is 69.3 Å². The average molecular weight is 490 g/mol. The van der Waals surface area contributed by atoms with E-state index in [1.165, 1.54) is 9.13 Å². The van der Waals surface area contributed by atoms with Gasteiger partial charge in [-0.05, 0) is 24.6 Å². The minimum atomic E-state index is -0.714. The zero-order chi connectivity index (χ0) is 25.0. The highest BCUT2D eigenvalue weighted by molar-refractivity contribution is 6.00. The lowest BCUT2D eigenvalue weighted by Gasteiger charge is -2.21. The number of carbonyl (C=O) groups excluding carboxylic acids is 2. The van der Waals surface area contributed by atoms with Gasteiger partial charge in [0, 0.05) is 19.0 Å². The van der Waals surface area contributed by atoms with Gasteiger partial charge in [-0.2, -0.15) is 0 Å². The summed E-state index contributed by atoms with van der Waals surface area (Å²) >= 11 is 0. The van der Waals surface area contributed by atoms with Crippen molar-refractivity contribution in [2.24, 2.45) is 7.05 Å². The Morgan fingerprint density at radius 2 is 1.63 bits per heavy atom. The molecule has 11 nitrogen and oxygen atoms in total. The third-order valence-corrected chi connectivity index (χ3v) is 5.37. The summed E-state index contributed by atoms with van der Waals surface area (Å²) in [7, 11) is 1.64. The molecular formula is C24H31N3O8. The standard InChI is InChI=1S/C24H31N3O8/c1-26-21-17-18(3-2-9-32-11-13-34-15-16-35-14-12-33-10-8-28)4-5-19(21)27(24(26)31)20-6-7-22(29)25-23(20)30/h4-5,17,20,28H,6-16H2,1H3,(H,25,29,30). The van der Waals surface area contributed by atoms with Crippen LogP contribution in [0, 0.1) is 11.8 Å². The molecule has 2 amide bonds. The number of fused-ring (bicyclic) bond motifs is 1. The number of imide groups is 1. The van der Waals surface area contributed by atoms with Crippen molar-refractivity contribution < 1.29 is 33.6 Å². The molecule has 0 saturated carbocycles. The van der Waals surface area contributed by atoms with E-state index in [0.717, 1.165) is 0 Å². The van der Waals surface area contributed by atoms with Crippen molar-refractivity contribution in [1.82, 2.24) is 14.5 Å². The number of amides is 2. The topological polar surface area (TPSA) is 130 Å². The molecular weight excluding hydrogens is 458 g/mol. The van der Waals surface area contributed by atoms with Gasteiger partial charge >= 0.3 is 5.69 Å². The first kappa shape index (κ1) is 26.6. The van der Waals surface area contributed by atoms with E-state index in [9.17, 15) is 14.4 Å². The van der Waals surface area contributed by atoms with Gasteiger partial charge in [-0.15, -0.1) is 0 Å². The summed E-state index contributed by atoms with van der Waals surface area (Å²) in [5.41, 5.74) is 1.67. The molecule has 0 radical (unpaired) electrons. The van der Waals surface area contributed by atoms with Crippen LogP contribution in [0.15, 0.2) is 23.0 Å². The van der Waals surface area contributed by atoms with E-state index in [1.54, 1.807) is 25.2 Å². The van der Waals surface area contributed by atoms with Crippen LogP contribution in [0.4, 0.5) is 0 Å². The Kier molecular flexibility index (Phi) is 10.5. The number of carbonyl (C=O) groups is 2. The minimum absolute atomic E-state index is 0.00435. The molecule has 3 rings (SSSR count). The van der Waals surface area contributed by atoms with Crippen LogP contribution in [-0.2, 0) is 35.6 Å². The Morgan fingerprint density at radius 3 is 2.29 bits per heavy atom. The number of hydrogen-bond donors (Lipinski definition) is 2. The molecule has 1 aliphatic rings. The zero-order valence-electron chi connectivity index (χ0n) is 19.8. The van der Waals surface area contributed by atoms with Crippen molar-refractivity contribution in [1.29, 1.82) is 0 Å². The fourth-order valence-corrected chi connectivity index (χ4v) is 3.66. The van der Waals surface area contributed by atoms with Crippen molar-refractivity contribution in [3.8, 4) is 11.8 Å². The van der Waals surface area contributed by atoms with Crippen molar-refractivity contribution >= 4 is 22.8 Å². The van der Waals surface area contributed by atoms with Crippen LogP contribution in [0.25, 0.3) is 11.0 Å². The SMILES string of the molecule is Cn1c(=O)n(C2CCC(=O)NC2=O)c2ccc(C#CCOCCOCCOCCOCCO)cc21. The quantitative estimate of drug-likeness (QED) is 0.223. The third kappa shape index (κ3) is 7.48. The second kappa shape index (κ2) is 13.8. The number of rotatable bonds is 13. The third-order valence-electron chi connectivity index (χ3n) is 5.37. The number of ether oxygens (including phenoxy) is 4. The molecule has 1 aromatic carbocycles. The number of nitrogens with one attached hydrogen (secondary N) is 1. The van der Waals surface area contributed by atoms with E-state index in [-0.39, 0.29) is 31.2 Å². The van der Waals surface area contributed by atoms with Crippen LogP contribution in [0.3, 0.4) is 0 Å². The van der Waals surface area contributed by atoms with Gasteiger partial charge in [0.05, 0.1) is 63.9 Å². The van der Waals surface area contributed by atoms with E-state index in [2.05, 4.69) is 17.2 Å². The predicted octanol–water partition coefficient (Wildman–Crippen LogP) is -0.272. The van der Waals surface area contributed by atoms with Crippen molar-refractivity contribution in [2.45, 2.75) is 18.9 Å². The highest BCUT2D eigenvalue weighted by Crippen LogP contribution is 2.23. The highest BCUT2D eigenvalue weighted by atomic mass is 16.6. The van der Waals surface area contributed by atoms with Gasteiger partial charge in [0.2, 0.25) is 11.8 Å². The van der Waals surface area contributed by atoms with Crippen LogP contribution < -0.4 is 11.0 Å². The summed E-state index contributed by atoms with van der Waals surface area (Å²) in [6.45, 7) is 3.18. The lowest BCUT2D eigenvalue weighted by molar-refractivity contribution is -0.135. The molecule has 35 heavy (non-hydrogen) atoms. The van der Waals surface area contributed by atoms with Crippen molar-refractivity contribution in [3.63, 3.8) is 0 Å². The van der Waals surface area contributed by atoms with Crippen molar-refractivity contribution in [3.05, 3.63) is 34.2 Å². The first-order valence-corrected chi connectivity index (χ1v) is 11.5. The number of aliphatic hydroxyl groups is 1. The minimum Gasteiger partial charge on any atom is -0.394 e. The monoisotopic (exact) mass is 489 g/mol. The number of hydrogen-bond acceptors (Lipinski definition) is 8. The molecule has 2 heterocycles. The van der Waals surface area contributed by atoms with Gasteiger partial charge in [0.15, 0.2) is 0 Å². The molecule has 190 valence electrons. The maximum absolute atomic E-state index is 12.8. The first-order chi connectivity index (χ1) is 17.0. The van der Waals surface area contributed by atoms with Crippen LogP contribution in [0.1, 0.15) is 24.4 Å². The fraction of sp³-hybridized carbons (Fsp3) is 0.542. The number of aromatic nitrogens is 2. The molecule has 0 bridgehead atoms. The first-order valence-electron chi connectivity index (χ1n) is 11.5. The smallest absolute Gasteiger partial charge is 0.329 e. The summed E-state index contributed by atoms with van der Waals surface area (Å²) in [6.07, 6.45) is 0.489. The Labute approximate surface area is 202 Å². The lowest BCUT2D eigenvalue weighted by atomic mass is 10.1. The van der Waals surface area contributed by atoms with Crippen molar-refractivity contribution in [2.75, 3.05) is 59.5 Å². The van der Waals surface area contributed by atoms with Gasteiger partial charge < -0.3 is 24.1 Å². The number of nitrogens with zero attached hydrogens (tertiary/aromatic N) is 2. The summed E-state index contributed by atoms with van der Waals surface area (Å²) in [5.74, 6) is 5.17. The predicted molar refractivity (Wildman–Crippen MR) is 126 cm³/mol. The van der Waals surface area contributed by atoms with Gasteiger partial charge in [0.25, 0.3) is 0 Å². The molecule has 11 heteroatoms. The number of benzene rings is 1. The molecule has 2 aromatic rings. The van der Waals surface area contributed by atoms with Crippen LogP contribution in [0.2, 0.25) is 0 Å². The van der Waals surface area contributed by atoms with Gasteiger partial charge in [0.1, 0.15) is 12.6 Å². The van der Waals surface area contributed by atoms with E-state index >= 15 is 0 Å². The Bertz CT molecular complexity index is 1130. The largest absolute Gasteiger partial charge is 0.394 e. The van der Waals surface area contributed by atoms with Gasteiger partial charge in [-0.1, -0.05) is 11.8 Å². The summed E-state index contributed by atoms with van der Waals surface area (Å²) in [6, 6.07) is 4.63. The fourth-order valence-electron chi connectivity index (χ4n) is 3.66. The van der Waals surface area contributed by atoms with Gasteiger partial charge in [-0.3, -0.25) is 24.0 Å².